The maximum Gasteiger partial charge on any atom is 0.242 e. The van der Waals surface area contributed by atoms with Crippen LogP contribution in [0, 0.1) is 12.3 Å². The van der Waals surface area contributed by atoms with Crippen LogP contribution in [-0.4, -0.2) is 41.8 Å². The number of pyridine rings is 1. The van der Waals surface area contributed by atoms with E-state index in [2.05, 4.69) is 22.0 Å². The number of aryl methyl sites for hydroxylation is 1. The zero-order chi connectivity index (χ0) is 25.2. The van der Waals surface area contributed by atoms with Crippen LogP contribution in [0.3, 0.4) is 0 Å². The van der Waals surface area contributed by atoms with Crippen molar-refractivity contribution in [2.24, 2.45) is 5.41 Å². The Bertz CT molecular complexity index is 1200. The van der Waals surface area contributed by atoms with Gasteiger partial charge in [0.25, 0.3) is 0 Å². The van der Waals surface area contributed by atoms with E-state index in [9.17, 15) is 9.59 Å². The van der Waals surface area contributed by atoms with Crippen molar-refractivity contribution in [2.45, 2.75) is 47.2 Å². The van der Waals surface area contributed by atoms with Gasteiger partial charge >= 0.3 is 0 Å². The van der Waals surface area contributed by atoms with Crippen LogP contribution >= 0.6 is 0 Å². The minimum atomic E-state index is -1.11. The van der Waals surface area contributed by atoms with Crippen molar-refractivity contribution in [1.82, 2.24) is 9.88 Å². The summed E-state index contributed by atoms with van der Waals surface area (Å²) in [6.45, 7) is 9.97. The number of carbonyl (C=O) groups excluding carboxylic acids is 2. The van der Waals surface area contributed by atoms with Crippen LogP contribution in [0.1, 0.15) is 43.4 Å². The van der Waals surface area contributed by atoms with E-state index in [1.165, 1.54) is 5.56 Å². The predicted octanol–water partition coefficient (Wildman–Crippen LogP) is 4.58. The number of anilines is 2. The number of hydrogen-bond donors (Lipinski definition) is 0. The fourth-order valence-electron chi connectivity index (χ4n) is 4.64. The van der Waals surface area contributed by atoms with Crippen LogP contribution in [0.5, 0.6) is 0 Å². The van der Waals surface area contributed by atoms with Gasteiger partial charge in [0.05, 0.1) is 17.9 Å². The molecule has 0 N–H and O–H groups in total. The molecule has 0 atom stereocenters. The van der Waals surface area contributed by atoms with Gasteiger partial charge in [-0.25, -0.2) is 0 Å². The summed E-state index contributed by atoms with van der Waals surface area (Å²) in [6, 6.07) is 14.1. The molecule has 0 bridgehead atoms. The van der Waals surface area contributed by atoms with Gasteiger partial charge in [-0.2, -0.15) is 0 Å². The highest BCUT2D eigenvalue weighted by molar-refractivity contribution is 6.19. The molecule has 1 aliphatic heterocycles. The van der Waals surface area contributed by atoms with Gasteiger partial charge in [0.15, 0.2) is 0 Å². The topological polar surface area (TPSA) is 69.9 Å². The number of carbonyl (C=O) groups is 2. The number of aromatic nitrogens is 1. The maximum atomic E-state index is 13.2. The molecule has 0 fully saturated rings. The second-order valence-electron chi connectivity index (χ2n) is 9.70. The van der Waals surface area contributed by atoms with Gasteiger partial charge in [0.1, 0.15) is 16.9 Å². The molecular formula is C28H34N4O3. The highest BCUT2D eigenvalue weighted by Gasteiger charge is 2.45. The fraction of sp³-hybridized carbons (Fsp3) is 0.393. The first-order chi connectivity index (χ1) is 16.7. The summed E-state index contributed by atoms with van der Waals surface area (Å²) in [5.74, 6) is 1.44. The molecule has 0 unspecified atom stereocenters. The van der Waals surface area contributed by atoms with Crippen LogP contribution in [0.15, 0.2) is 59.3 Å². The molecule has 0 aliphatic carbocycles. The van der Waals surface area contributed by atoms with Crippen LogP contribution in [0.4, 0.5) is 11.4 Å². The van der Waals surface area contributed by atoms with Crippen molar-refractivity contribution in [1.29, 1.82) is 0 Å². The number of fused-ring (bicyclic) bond motifs is 1. The molecule has 0 spiro atoms. The lowest BCUT2D eigenvalue weighted by Crippen LogP contribution is -2.47. The van der Waals surface area contributed by atoms with E-state index in [1.54, 1.807) is 36.9 Å². The van der Waals surface area contributed by atoms with Crippen molar-refractivity contribution in [3.63, 3.8) is 0 Å². The molecular weight excluding hydrogens is 440 g/mol. The van der Waals surface area contributed by atoms with Crippen LogP contribution in [-0.2, 0) is 29.1 Å². The van der Waals surface area contributed by atoms with Crippen molar-refractivity contribution in [3.05, 3.63) is 77.5 Å². The molecule has 0 saturated heterocycles. The standard InChI is InChI=1S/C28H34N4O3/c1-6-32-24-12-10-22(16-25(24)30(5)26(33)28(3,4)27(32)34)18-31(19-23-11-9-20(2)35-23)15-13-21-8-7-14-29-17-21/h7-12,14,16-17H,6,13,15,18-19H2,1-5H3. The number of hydrogen-bond acceptors (Lipinski definition) is 5. The summed E-state index contributed by atoms with van der Waals surface area (Å²) >= 11 is 0. The first kappa shape index (κ1) is 24.7. The number of benzene rings is 1. The van der Waals surface area contributed by atoms with Crippen molar-refractivity contribution < 1.29 is 14.0 Å². The van der Waals surface area contributed by atoms with Gasteiger partial charge in [-0.1, -0.05) is 12.1 Å². The Balaban J connectivity index is 1.62. The average Bonchev–Trinajstić information content (AvgIpc) is 3.25. The first-order valence-electron chi connectivity index (χ1n) is 12.1. The average molecular weight is 475 g/mol. The Kier molecular flexibility index (Phi) is 7.08. The molecule has 7 nitrogen and oxygen atoms in total. The molecule has 7 heteroatoms. The number of rotatable bonds is 8. The molecule has 3 heterocycles. The maximum absolute atomic E-state index is 13.2. The predicted molar refractivity (Wildman–Crippen MR) is 137 cm³/mol. The number of amides is 2. The van der Waals surface area contributed by atoms with Crippen molar-refractivity contribution in [3.8, 4) is 0 Å². The lowest BCUT2D eigenvalue weighted by molar-refractivity contribution is -0.137. The van der Waals surface area contributed by atoms with Gasteiger partial charge in [0.2, 0.25) is 11.8 Å². The largest absolute Gasteiger partial charge is 0.465 e. The van der Waals surface area contributed by atoms with E-state index in [1.807, 2.05) is 50.4 Å². The number of nitrogens with zero attached hydrogens (tertiary/aromatic N) is 4. The Morgan fingerprint density at radius 3 is 2.46 bits per heavy atom. The van der Waals surface area contributed by atoms with Gasteiger partial charge < -0.3 is 14.2 Å². The van der Waals surface area contributed by atoms with E-state index >= 15 is 0 Å². The molecule has 2 amide bonds. The van der Waals surface area contributed by atoms with Crippen LogP contribution in [0.25, 0.3) is 0 Å². The zero-order valence-electron chi connectivity index (χ0n) is 21.2. The Morgan fingerprint density at radius 1 is 1.00 bits per heavy atom. The first-order valence-corrected chi connectivity index (χ1v) is 12.1. The van der Waals surface area contributed by atoms with E-state index in [-0.39, 0.29) is 11.8 Å². The zero-order valence-corrected chi connectivity index (χ0v) is 21.2. The second kappa shape index (κ2) is 10.0. The summed E-state index contributed by atoms with van der Waals surface area (Å²) in [4.78, 5) is 36.3. The van der Waals surface area contributed by atoms with E-state index in [0.29, 0.717) is 19.6 Å². The molecule has 184 valence electrons. The summed E-state index contributed by atoms with van der Waals surface area (Å²) in [5, 5.41) is 0. The molecule has 2 aromatic heterocycles. The molecule has 35 heavy (non-hydrogen) atoms. The van der Waals surface area contributed by atoms with Gasteiger partial charge in [-0.15, -0.1) is 0 Å². The quantitative estimate of drug-likeness (QED) is 0.447. The summed E-state index contributed by atoms with van der Waals surface area (Å²) in [6.07, 6.45) is 4.55. The lowest BCUT2D eigenvalue weighted by Gasteiger charge is -2.27. The highest BCUT2D eigenvalue weighted by Crippen LogP contribution is 2.39. The molecule has 4 rings (SSSR count). The van der Waals surface area contributed by atoms with E-state index in [4.69, 9.17) is 4.42 Å². The van der Waals surface area contributed by atoms with Crippen LogP contribution in [0.2, 0.25) is 0 Å². The summed E-state index contributed by atoms with van der Waals surface area (Å²) < 4.78 is 5.85. The van der Waals surface area contributed by atoms with E-state index < -0.39 is 5.41 Å². The second-order valence-corrected chi connectivity index (χ2v) is 9.70. The number of furan rings is 1. The third-order valence-electron chi connectivity index (χ3n) is 6.65. The molecule has 1 aliphatic rings. The fourth-order valence-corrected chi connectivity index (χ4v) is 4.64. The van der Waals surface area contributed by atoms with E-state index in [0.717, 1.165) is 41.4 Å². The molecule has 3 aromatic rings. The SMILES string of the molecule is CCN1C(=O)C(C)(C)C(=O)N(C)c2cc(CN(CCc3cccnc3)Cc3ccc(C)o3)ccc21. The van der Waals surface area contributed by atoms with Gasteiger partial charge in [0, 0.05) is 39.1 Å². The highest BCUT2D eigenvalue weighted by atomic mass is 16.3. The Labute approximate surface area is 207 Å². The smallest absolute Gasteiger partial charge is 0.242 e. The van der Waals surface area contributed by atoms with Gasteiger partial charge in [-0.05, 0) is 75.6 Å². The van der Waals surface area contributed by atoms with Gasteiger partial charge in [-0.3, -0.25) is 19.5 Å². The summed E-state index contributed by atoms with van der Waals surface area (Å²) in [5.41, 5.74) is 2.66. The van der Waals surface area contributed by atoms with Crippen molar-refractivity contribution in [2.75, 3.05) is 29.9 Å². The summed E-state index contributed by atoms with van der Waals surface area (Å²) in [7, 11) is 1.75. The Hall–Kier alpha value is -3.45. The Morgan fingerprint density at radius 2 is 1.80 bits per heavy atom. The minimum absolute atomic E-state index is 0.172. The van der Waals surface area contributed by atoms with Crippen LogP contribution < -0.4 is 9.80 Å². The lowest BCUT2D eigenvalue weighted by atomic mass is 9.90. The molecule has 1 aromatic carbocycles. The third-order valence-corrected chi connectivity index (χ3v) is 6.65. The normalized spacial score (nSPS) is 15.5. The third kappa shape index (κ3) is 5.15. The molecule has 0 radical (unpaired) electrons. The monoisotopic (exact) mass is 474 g/mol. The minimum Gasteiger partial charge on any atom is -0.465 e. The van der Waals surface area contributed by atoms with Crippen molar-refractivity contribution >= 4 is 23.2 Å². The molecule has 0 saturated carbocycles.